The number of hydrogen-bond acceptors (Lipinski definition) is 3. The van der Waals surface area contributed by atoms with Crippen molar-refractivity contribution in [3.05, 3.63) is 70.7 Å². The maximum atomic E-state index is 12.6. The number of rotatable bonds is 4. The Labute approximate surface area is 157 Å². The van der Waals surface area contributed by atoms with Crippen LogP contribution in [0.1, 0.15) is 15.9 Å². The lowest BCUT2D eigenvalue weighted by molar-refractivity contribution is 0.0728. The van der Waals surface area contributed by atoms with Crippen LogP contribution < -0.4 is 0 Å². The number of likely N-dealkylation sites (tertiary alicyclic amines) is 1. The minimum Gasteiger partial charge on any atom is -0.442 e. The molecule has 2 atom stereocenters. The molecule has 134 valence electrons. The Kier molecular flexibility index (Phi) is 4.55. The fourth-order valence-electron chi connectivity index (χ4n) is 3.63. The lowest BCUT2D eigenvalue weighted by Gasteiger charge is -2.22. The second kappa shape index (κ2) is 7.00. The molecule has 0 unspecified atom stereocenters. The normalized spacial score (nSPS) is 21.7. The van der Waals surface area contributed by atoms with Gasteiger partial charge in [-0.1, -0.05) is 41.9 Å². The first-order chi connectivity index (χ1) is 12.6. The number of ether oxygens (including phenoxy) is 1. The Morgan fingerprint density at radius 2 is 1.92 bits per heavy atom. The van der Waals surface area contributed by atoms with Crippen LogP contribution in [0.25, 0.3) is 0 Å². The molecule has 4 rings (SSSR count). The van der Waals surface area contributed by atoms with E-state index in [-0.39, 0.29) is 24.1 Å². The van der Waals surface area contributed by atoms with Crippen LogP contribution in [-0.2, 0) is 11.2 Å². The summed E-state index contributed by atoms with van der Waals surface area (Å²) in [6.07, 6.45) is 0.147. The molecule has 6 heteroatoms. The lowest BCUT2D eigenvalue weighted by Crippen LogP contribution is -2.40. The van der Waals surface area contributed by atoms with E-state index in [1.54, 1.807) is 21.9 Å². The zero-order valence-electron chi connectivity index (χ0n) is 14.2. The van der Waals surface area contributed by atoms with Gasteiger partial charge < -0.3 is 9.64 Å². The Hall–Kier alpha value is -2.53. The third-order valence-corrected chi connectivity index (χ3v) is 5.20. The van der Waals surface area contributed by atoms with Gasteiger partial charge in [-0.25, -0.2) is 4.79 Å². The van der Waals surface area contributed by atoms with E-state index in [1.165, 1.54) is 0 Å². The molecule has 0 N–H and O–H groups in total. The van der Waals surface area contributed by atoms with Gasteiger partial charge in [0.1, 0.15) is 6.10 Å². The highest BCUT2D eigenvalue weighted by atomic mass is 35.5. The van der Waals surface area contributed by atoms with Crippen LogP contribution in [0, 0.1) is 0 Å². The molecule has 2 aliphatic heterocycles. The SMILES string of the molecule is O=C(c1ccccc1)N1C[C@H]2OC(=O)N(CCc3cccc(Cl)c3)[C@H]2C1. The smallest absolute Gasteiger partial charge is 0.410 e. The number of fused-ring (bicyclic) bond motifs is 1. The fraction of sp³-hybridized carbons (Fsp3) is 0.300. The van der Waals surface area contributed by atoms with Crippen molar-refractivity contribution in [1.82, 2.24) is 9.80 Å². The van der Waals surface area contributed by atoms with Crippen molar-refractivity contribution in [3.8, 4) is 0 Å². The first-order valence-electron chi connectivity index (χ1n) is 8.68. The maximum absolute atomic E-state index is 12.6. The van der Waals surface area contributed by atoms with E-state index in [9.17, 15) is 9.59 Å². The van der Waals surface area contributed by atoms with Crippen molar-refractivity contribution in [2.45, 2.75) is 18.6 Å². The molecule has 2 amide bonds. The summed E-state index contributed by atoms with van der Waals surface area (Å²) in [7, 11) is 0. The molecular formula is C20H19ClN2O3. The van der Waals surface area contributed by atoms with E-state index in [0.29, 0.717) is 36.6 Å². The molecule has 2 aromatic rings. The molecule has 2 fully saturated rings. The zero-order valence-corrected chi connectivity index (χ0v) is 14.9. The number of carbonyl (C=O) groups excluding carboxylic acids is 2. The third-order valence-electron chi connectivity index (χ3n) is 4.96. The summed E-state index contributed by atoms with van der Waals surface area (Å²) in [5.41, 5.74) is 1.73. The summed E-state index contributed by atoms with van der Waals surface area (Å²) in [5, 5.41) is 0.685. The number of nitrogens with zero attached hydrogens (tertiary/aromatic N) is 2. The van der Waals surface area contributed by atoms with Crippen molar-refractivity contribution >= 4 is 23.6 Å². The summed E-state index contributed by atoms with van der Waals surface area (Å²) in [4.78, 5) is 28.3. The molecule has 2 saturated heterocycles. The van der Waals surface area contributed by atoms with Gasteiger partial charge in [0.2, 0.25) is 0 Å². The van der Waals surface area contributed by atoms with Crippen LogP contribution in [0.3, 0.4) is 0 Å². The van der Waals surface area contributed by atoms with E-state index in [1.807, 2.05) is 42.5 Å². The lowest BCUT2D eigenvalue weighted by atomic mass is 10.1. The van der Waals surface area contributed by atoms with Crippen LogP contribution in [-0.4, -0.2) is 53.6 Å². The average Bonchev–Trinajstić information content (AvgIpc) is 3.17. The second-order valence-electron chi connectivity index (χ2n) is 6.64. The number of benzene rings is 2. The highest BCUT2D eigenvalue weighted by Gasteiger charge is 2.48. The van der Waals surface area contributed by atoms with Crippen LogP contribution in [0.15, 0.2) is 54.6 Å². The number of carbonyl (C=O) groups is 2. The minimum absolute atomic E-state index is 0.0224. The number of amides is 2. The molecule has 0 spiro atoms. The topological polar surface area (TPSA) is 49.9 Å². The predicted octanol–water partition coefficient (Wildman–Crippen LogP) is 3.23. The molecule has 0 aromatic heterocycles. The van der Waals surface area contributed by atoms with E-state index >= 15 is 0 Å². The van der Waals surface area contributed by atoms with E-state index in [0.717, 1.165) is 5.56 Å². The summed E-state index contributed by atoms with van der Waals surface area (Å²) in [6, 6.07) is 16.7. The number of hydrogen-bond donors (Lipinski definition) is 0. The highest BCUT2D eigenvalue weighted by Crippen LogP contribution is 2.28. The van der Waals surface area contributed by atoms with E-state index < -0.39 is 0 Å². The molecule has 2 heterocycles. The highest BCUT2D eigenvalue weighted by molar-refractivity contribution is 6.30. The van der Waals surface area contributed by atoms with Gasteiger partial charge in [-0.3, -0.25) is 9.69 Å². The van der Waals surface area contributed by atoms with Crippen molar-refractivity contribution in [1.29, 1.82) is 0 Å². The van der Waals surface area contributed by atoms with Crippen molar-refractivity contribution in [3.63, 3.8) is 0 Å². The molecule has 2 aliphatic rings. The summed E-state index contributed by atoms with van der Waals surface area (Å²) in [6.45, 7) is 1.49. The largest absolute Gasteiger partial charge is 0.442 e. The minimum atomic E-state index is -0.297. The van der Waals surface area contributed by atoms with Gasteiger partial charge in [0, 0.05) is 23.7 Å². The zero-order chi connectivity index (χ0) is 18.1. The Morgan fingerprint density at radius 1 is 1.12 bits per heavy atom. The second-order valence-corrected chi connectivity index (χ2v) is 7.08. The van der Waals surface area contributed by atoms with Gasteiger partial charge in [0.15, 0.2) is 0 Å². The molecule has 5 nitrogen and oxygen atoms in total. The summed E-state index contributed by atoms with van der Waals surface area (Å²) in [5.74, 6) is -0.0224. The molecule has 0 bridgehead atoms. The fourth-order valence-corrected chi connectivity index (χ4v) is 3.85. The number of halogens is 1. The van der Waals surface area contributed by atoms with Crippen molar-refractivity contribution in [2.75, 3.05) is 19.6 Å². The van der Waals surface area contributed by atoms with Gasteiger partial charge in [-0.2, -0.15) is 0 Å². The molecule has 0 saturated carbocycles. The van der Waals surface area contributed by atoms with Gasteiger partial charge in [0.25, 0.3) is 5.91 Å². The first kappa shape index (κ1) is 16.9. The van der Waals surface area contributed by atoms with Crippen LogP contribution in [0.5, 0.6) is 0 Å². The Bertz CT molecular complexity index is 827. The molecular weight excluding hydrogens is 352 g/mol. The standard InChI is InChI=1S/C20H19ClN2O3/c21-16-8-4-5-14(11-16)9-10-23-17-12-22(13-18(17)26-20(23)25)19(24)15-6-2-1-3-7-15/h1-8,11,17-18H,9-10,12-13H2/t17-,18+/m0/s1. The van der Waals surface area contributed by atoms with Crippen LogP contribution in [0.4, 0.5) is 4.79 Å². The monoisotopic (exact) mass is 370 g/mol. The average molecular weight is 371 g/mol. The maximum Gasteiger partial charge on any atom is 0.410 e. The van der Waals surface area contributed by atoms with Crippen LogP contribution in [0.2, 0.25) is 5.02 Å². The molecule has 26 heavy (non-hydrogen) atoms. The molecule has 0 radical (unpaired) electrons. The summed E-state index contributed by atoms with van der Waals surface area (Å²) < 4.78 is 5.49. The third kappa shape index (κ3) is 3.27. The van der Waals surface area contributed by atoms with Crippen molar-refractivity contribution in [2.24, 2.45) is 0 Å². The van der Waals surface area contributed by atoms with E-state index in [2.05, 4.69) is 0 Å². The molecule has 0 aliphatic carbocycles. The van der Waals surface area contributed by atoms with Gasteiger partial charge in [-0.15, -0.1) is 0 Å². The van der Waals surface area contributed by atoms with E-state index in [4.69, 9.17) is 16.3 Å². The van der Waals surface area contributed by atoms with Crippen molar-refractivity contribution < 1.29 is 14.3 Å². The van der Waals surface area contributed by atoms with Gasteiger partial charge >= 0.3 is 6.09 Å². The molecule has 2 aromatic carbocycles. The van der Waals surface area contributed by atoms with Gasteiger partial charge in [-0.05, 0) is 36.2 Å². The predicted molar refractivity (Wildman–Crippen MR) is 98.3 cm³/mol. The Morgan fingerprint density at radius 3 is 2.69 bits per heavy atom. The van der Waals surface area contributed by atoms with Gasteiger partial charge in [0.05, 0.1) is 12.6 Å². The quantitative estimate of drug-likeness (QED) is 0.830. The van der Waals surface area contributed by atoms with Crippen LogP contribution >= 0.6 is 11.6 Å². The first-order valence-corrected chi connectivity index (χ1v) is 9.05. The Balaban J connectivity index is 1.42. The summed E-state index contributed by atoms with van der Waals surface area (Å²) >= 11 is 6.02.